The van der Waals surface area contributed by atoms with Crippen molar-refractivity contribution in [1.82, 2.24) is 15.1 Å². The average Bonchev–Trinajstić information content (AvgIpc) is 3.00. The van der Waals surface area contributed by atoms with Gasteiger partial charge in [-0.1, -0.05) is 13.8 Å². The topological polar surface area (TPSA) is 69.3 Å². The molecule has 6 heteroatoms. The molecule has 21 heavy (non-hydrogen) atoms. The lowest BCUT2D eigenvalue weighted by Gasteiger charge is -2.08. The molecule has 0 aliphatic rings. The molecular weight excluding hydrogens is 270 g/mol. The van der Waals surface area contributed by atoms with Crippen molar-refractivity contribution in [1.29, 1.82) is 0 Å². The van der Waals surface area contributed by atoms with Gasteiger partial charge < -0.3 is 14.5 Å². The van der Waals surface area contributed by atoms with Gasteiger partial charge in [0.2, 0.25) is 5.88 Å². The van der Waals surface area contributed by atoms with Gasteiger partial charge in [-0.25, -0.2) is 4.68 Å². The van der Waals surface area contributed by atoms with Crippen molar-refractivity contribution in [2.24, 2.45) is 7.05 Å². The highest BCUT2D eigenvalue weighted by atomic mass is 16.5. The summed E-state index contributed by atoms with van der Waals surface area (Å²) in [6.07, 6.45) is 1.54. The second-order valence-electron chi connectivity index (χ2n) is 5.24. The minimum Gasteiger partial charge on any atom is -0.481 e. The minimum absolute atomic E-state index is 0.228. The van der Waals surface area contributed by atoms with Crippen LogP contribution < -0.4 is 10.1 Å². The number of aromatic nitrogens is 2. The molecule has 2 rings (SSSR count). The Morgan fingerprint density at radius 1 is 1.52 bits per heavy atom. The number of carbonyl (C=O) groups excluding carboxylic acids is 1. The summed E-state index contributed by atoms with van der Waals surface area (Å²) in [6, 6.07) is 1.83. The highest BCUT2D eigenvalue weighted by Crippen LogP contribution is 2.22. The number of nitrogens with zero attached hydrogens (tertiary/aromatic N) is 2. The number of carbonyl (C=O) groups is 1. The summed E-state index contributed by atoms with van der Waals surface area (Å²) in [5.74, 6) is 1.02. The Kier molecular flexibility index (Phi) is 4.35. The molecule has 0 saturated heterocycles. The zero-order valence-electron chi connectivity index (χ0n) is 13.1. The van der Waals surface area contributed by atoms with Crippen LogP contribution in [0.1, 0.15) is 47.1 Å². The Bertz CT molecular complexity index is 641. The molecule has 0 bridgehead atoms. The number of methoxy groups -OCH3 is 1. The van der Waals surface area contributed by atoms with Gasteiger partial charge in [-0.15, -0.1) is 0 Å². The van der Waals surface area contributed by atoms with Crippen LogP contribution in [0.15, 0.2) is 16.7 Å². The van der Waals surface area contributed by atoms with E-state index < -0.39 is 0 Å². The summed E-state index contributed by atoms with van der Waals surface area (Å²) in [7, 11) is 3.39. The van der Waals surface area contributed by atoms with E-state index in [9.17, 15) is 4.79 Å². The van der Waals surface area contributed by atoms with Gasteiger partial charge in [-0.3, -0.25) is 4.79 Å². The lowest BCUT2D eigenvalue weighted by Crippen LogP contribution is -2.24. The van der Waals surface area contributed by atoms with E-state index in [1.807, 2.05) is 26.8 Å². The third-order valence-corrected chi connectivity index (χ3v) is 3.43. The van der Waals surface area contributed by atoms with E-state index in [2.05, 4.69) is 10.4 Å². The predicted octanol–water partition coefficient (Wildman–Crippen LogP) is 2.38. The number of nitrogens with one attached hydrogen (secondary N) is 1. The summed E-state index contributed by atoms with van der Waals surface area (Å²) in [6.45, 7) is 6.28. The second kappa shape index (κ2) is 6.03. The summed E-state index contributed by atoms with van der Waals surface area (Å²) < 4.78 is 12.3. The van der Waals surface area contributed by atoms with Gasteiger partial charge in [-0.2, -0.15) is 5.10 Å². The standard InChI is InChI=1S/C15H21N3O3/c1-9(2)11-6-7-21-13(11)14(19)16-8-12-10(3)17-18(4)15(12)20-5/h6-7,9H,8H2,1-5H3,(H,16,19). The maximum absolute atomic E-state index is 12.2. The molecule has 114 valence electrons. The van der Waals surface area contributed by atoms with Gasteiger partial charge in [0.1, 0.15) is 0 Å². The maximum atomic E-state index is 12.2. The molecule has 0 aliphatic heterocycles. The zero-order chi connectivity index (χ0) is 15.6. The van der Waals surface area contributed by atoms with Gasteiger partial charge in [-0.05, 0) is 18.9 Å². The van der Waals surface area contributed by atoms with Gasteiger partial charge >= 0.3 is 0 Å². The van der Waals surface area contributed by atoms with Crippen molar-refractivity contribution < 1.29 is 13.9 Å². The maximum Gasteiger partial charge on any atom is 0.287 e. The fourth-order valence-corrected chi connectivity index (χ4v) is 2.35. The molecule has 0 aliphatic carbocycles. The Hall–Kier alpha value is -2.24. The SMILES string of the molecule is COc1c(CNC(=O)c2occc2C(C)C)c(C)nn1C. The molecule has 1 N–H and O–H groups in total. The third kappa shape index (κ3) is 2.94. The van der Waals surface area contributed by atoms with Crippen molar-refractivity contribution in [3.63, 3.8) is 0 Å². The van der Waals surface area contributed by atoms with Crippen LogP contribution in [0.4, 0.5) is 0 Å². The monoisotopic (exact) mass is 291 g/mol. The summed E-state index contributed by atoms with van der Waals surface area (Å²) in [4.78, 5) is 12.2. The van der Waals surface area contributed by atoms with E-state index in [1.54, 1.807) is 25.1 Å². The van der Waals surface area contributed by atoms with Crippen molar-refractivity contribution in [2.45, 2.75) is 33.2 Å². The number of aryl methyl sites for hydroxylation is 2. The van der Waals surface area contributed by atoms with Gasteiger partial charge in [0.15, 0.2) is 5.76 Å². The first-order valence-corrected chi connectivity index (χ1v) is 6.87. The van der Waals surface area contributed by atoms with Crippen molar-refractivity contribution >= 4 is 5.91 Å². The number of rotatable bonds is 5. The lowest BCUT2D eigenvalue weighted by atomic mass is 10.0. The fourth-order valence-electron chi connectivity index (χ4n) is 2.35. The molecule has 0 fully saturated rings. The molecule has 1 amide bonds. The van der Waals surface area contributed by atoms with Gasteiger partial charge in [0.05, 0.1) is 31.2 Å². The summed E-state index contributed by atoms with van der Waals surface area (Å²) in [5, 5.41) is 7.14. The van der Waals surface area contributed by atoms with Crippen molar-refractivity contribution in [3.8, 4) is 5.88 Å². The van der Waals surface area contributed by atoms with Crippen LogP contribution in [0.3, 0.4) is 0 Å². The highest BCUT2D eigenvalue weighted by Gasteiger charge is 2.19. The molecule has 0 atom stereocenters. The van der Waals surface area contributed by atoms with Crippen LogP contribution in [-0.4, -0.2) is 22.8 Å². The molecule has 2 aromatic rings. The number of hydrogen-bond donors (Lipinski definition) is 1. The molecule has 2 aromatic heterocycles. The quantitative estimate of drug-likeness (QED) is 0.918. The molecule has 6 nitrogen and oxygen atoms in total. The summed E-state index contributed by atoms with van der Waals surface area (Å²) >= 11 is 0. The number of hydrogen-bond acceptors (Lipinski definition) is 4. The Labute approximate surface area is 124 Å². The molecule has 0 saturated carbocycles. The Balaban J connectivity index is 2.13. The van der Waals surface area contributed by atoms with Crippen LogP contribution in [-0.2, 0) is 13.6 Å². The van der Waals surface area contributed by atoms with Crippen molar-refractivity contribution in [3.05, 3.63) is 34.9 Å². The first-order valence-electron chi connectivity index (χ1n) is 6.87. The van der Waals surface area contributed by atoms with Crippen LogP contribution in [0, 0.1) is 6.92 Å². The predicted molar refractivity (Wildman–Crippen MR) is 78.5 cm³/mol. The minimum atomic E-state index is -0.228. The molecule has 2 heterocycles. The first kappa shape index (κ1) is 15.2. The van der Waals surface area contributed by atoms with E-state index in [4.69, 9.17) is 9.15 Å². The van der Waals surface area contributed by atoms with Crippen molar-refractivity contribution in [2.75, 3.05) is 7.11 Å². The molecule has 0 aromatic carbocycles. The molecular formula is C15H21N3O3. The first-order chi connectivity index (χ1) is 9.95. The fraction of sp³-hybridized carbons (Fsp3) is 0.467. The molecule has 0 spiro atoms. The number of amides is 1. The van der Waals surface area contributed by atoms with Crippen LogP contribution in [0.2, 0.25) is 0 Å². The third-order valence-electron chi connectivity index (χ3n) is 3.43. The average molecular weight is 291 g/mol. The van der Waals surface area contributed by atoms with Crippen LogP contribution in [0.5, 0.6) is 5.88 Å². The van der Waals surface area contributed by atoms with E-state index in [0.717, 1.165) is 16.8 Å². The van der Waals surface area contributed by atoms with Crippen LogP contribution >= 0.6 is 0 Å². The zero-order valence-corrected chi connectivity index (χ0v) is 13.1. The Morgan fingerprint density at radius 2 is 2.24 bits per heavy atom. The lowest BCUT2D eigenvalue weighted by molar-refractivity contribution is 0.0921. The number of ether oxygens (including phenoxy) is 1. The van der Waals surface area contributed by atoms with Gasteiger partial charge in [0.25, 0.3) is 5.91 Å². The Morgan fingerprint density at radius 3 is 2.86 bits per heavy atom. The molecule has 0 unspecified atom stereocenters. The van der Waals surface area contributed by atoms with E-state index in [0.29, 0.717) is 18.2 Å². The second-order valence-corrected chi connectivity index (χ2v) is 5.24. The molecule has 0 radical (unpaired) electrons. The highest BCUT2D eigenvalue weighted by molar-refractivity contribution is 5.93. The smallest absolute Gasteiger partial charge is 0.287 e. The van der Waals surface area contributed by atoms with E-state index in [1.165, 1.54) is 0 Å². The normalized spacial score (nSPS) is 11.0. The number of furan rings is 1. The largest absolute Gasteiger partial charge is 0.481 e. The van der Waals surface area contributed by atoms with E-state index >= 15 is 0 Å². The summed E-state index contributed by atoms with van der Waals surface area (Å²) in [5.41, 5.74) is 2.60. The van der Waals surface area contributed by atoms with Gasteiger partial charge in [0, 0.05) is 12.6 Å². The van der Waals surface area contributed by atoms with E-state index in [-0.39, 0.29) is 11.8 Å². The van der Waals surface area contributed by atoms with Crippen LogP contribution in [0.25, 0.3) is 0 Å².